The van der Waals surface area contributed by atoms with Gasteiger partial charge in [-0.3, -0.25) is 10.1 Å². The van der Waals surface area contributed by atoms with Crippen LogP contribution in [-0.4, -0.2) is 61.5 Å². The molecule has 4 N–H and O–H groups in total. The summed E-state index contributed by atoms with van der Waals surface area (Å²) in [6.45, 7) is 10.8. The molecule has 15 heteroatoms. The van der Waals surface area contributed by atoms with Crippen LogP contribution in [0.3, 0.4) is 0 Å². The van der Waals surface area contributed by atoms with Crippen LogP contribution in [0.5, 0.6) is 5.75 Å². The second-order valence-electron chi connectivity index (χ2n) is 11.3. The molecule has 0 spiro atoms. The average Bonchev–Trinajstić information content (AvgIpc) is 3.26. The molecule has 2 aromatic heterocycles. The van der Waals surface area contributed by atoms with Crippen LogP contribution >= 0.6 is 23.2 Å². The zero-order valence-electron chi connectivity index (χ0n) is 24.3. The predicted molar refractivity (Wildman–Crippen MR) is 158 cm³/mol. The van der Waals surface area contributed by atoms with Crippen molar-refractivity contribution < 1.29 is 28.6 Å². The molecule has 0 saturated heterocycles. The lowest BCUT2D eigenvalue weighted by Crippen LogP contribution is -2.46. The third kappa shape index (κ3) is 9.35. The maximum atomic E-state index is 12.3. The van der Waals surface area contributed by atoms with Gasteiger partial charge in [0.15, 0.2) is 17.0 Å². The fraction of sp³-hybridized carbons (Fsp3) is 0.481. The monoisotopic (exact) mass is 623 g/mol. The van der Waals surface area contributed by atoms with Crippen molar-refractivity contribution in [3.63, 3.8) is 0 Å². The summed E-state index contributed by atoms with van der Waals surface area (Å²) >= 11 is 12.9. The Morgan fingerprint density at radius 2 is 1.67 bits per heavy atom. The minimum Gasteiger partial charge on any atom is -0.493 e. The standard InChI is InChI=1S/C27H35Cl2N7O6/c1-26(2,3)41-24(38)34-17(21(30)37)8-7-11-40-18-10-9-16(28)19(29)15(18)12-36-14-33-20-22(31-13-32-23(20)36)35-25(39)42-27(4,5)6/h9-10,13-14,17H,7-8,11-12H2,1-6H3,(H2,30,37)(H,34,38)(H,31,32,35,39)/t17-/m1/s1. The lowest BCUT2D eigenvalue weighted by atomic mass is 10.1. The minimum absolute atomic E-state index is 0.179. The number of hydrogen-bond donors (Lipinski definition) is 3. The zero-order valence-corrected chi connectivity index (χ0v) is 25.8. The number of ether oxygens (including phenoxy) is 3. The van der Waals surface area contributed by atoms with Crippen LogP contribution in [0.2, 0.25) is 10.0 Å². The Hall–Kier alpha value is -3.84. The van der Waals surface area contributed by atoms with Crippen molar-refractivity contribution >= 4 is 58.3 Å². The molecule has 3 aromatic rings. The van der Waals surface area contributed by atoms with E-state index in [1.807, 2.05) is 0 Å². The highest BCUT2D eigenvalue weighted by Crippen LogP contribution is 2.34. The molecule has 0 aliphatic heterocycles. The van der Waals surface area contributed by atoms with Crippen LogP contribution < -0.4 is 21.1 Å². The second-order valence-corrected chi connectivity index (χ2v) is 12.1. The highest BCUT2D eigenvalue weighted by atomic mass is 35.5. The van der Waals surface area contributed by atoms with Crippen molar-refractivity contribution in [2.24, 2.45) is 5.73 Å². The summed E-state index contributed by atoms with van der Waals surface area (Å²) in [4.78, 5) is 49.0. The molecule has 0 fully saturated rings. The smallest absolute Gasteiger partial charge is 0.413 e. The van der Waals surface area contributed by atoms with Gasteiger partial charge in [-0.1, -0.05) is 23.2 Å². The fourth-order valence-corrected chi connectivity index (χ4v) is 4.11. The van der Waals surface area contributed by atoms with Gasteiger partial charge in [0.25, 0.3) is 0 Å². The largest absolute Gasteiger partial charge is 0.493 e. The molecule has 0 saturated carbocycles. The molecule has 3 amide bonds. The first-order valence-corrected chi connectivity index (χ1v) is 13.8. The van der Waals surface area contributed by atoms with Crippen LogP contribution in [0.1, 0.15) is 59.9 Å². The molecule has 0 unspecified atom stereocenters. The first-order valence-electron chi connectivity index (χ1n) is 13.1. The quantitative estimate of drug-likeness (QED) is 0.261. The van der Waals surface area contributed by atoms with E-state index >= 15 is 0 Å². The fourth-order valence-electron chi connectivity index (χ4n) is 3.72. The number of rotatable bonds is 10. The number of primary amides is 1. The third-order valence-electron chi connectivity index (χ3n) is 5.43. The van der Waals surface area contributed by atoms with Crippen LogP contribution in [0, 0.1) is 0 Å². The Labute approximate surface area is 253 Å². The number of carbonyl (C=O) groups is 3. The Morgan fingerprint density at radius 3 is 2.31 bits per heavy atom. The molecule has 0 aliphatic carbocycles. The molecular weight excluding hydrogens is 589 g/mol. The van der Waals surface area contributed by atoms with Gasteiger partial charge < -0.3 is 29.8 Å². The maximum absolute atomic E-state index is 12.3. The molecule has 1 atom stereocenters. The van der Waals surface area contributed by atoms with Gasteiger partial charge in [0.1, 0.15) is 29.3 Å². The van der Waals surface area contributed by atoms with E-state index in [4.69, 9.17) is 43.1 Å². The first-order chi connectivity index (χ1) is 19.5. The van der Waals surface area contributed by atoms with Crippen molar-refractivity contribution in [1.82, 2.24) is 24.8 Å². The summed E-state index contributed by atoms with van der Waals surface area (Å²) in [5, 5.41) is 5.68. The number of hydrogen-bond acceptors (Lipinski definition) is 9. The average molecular weight is 625 g/mol. The Morgan fingerprint density at radius 1 is 1.00 bits per heavy atom. The predicted octanol–water partition coefficient (Wildman–Crippen LogP) is 5.07. The summed E-state index contributed by atoms with van der Waals surface area (Å²) in [5.74, 6) is -0.0561. The van der Waals surface area contributed by atoms with Crippen LogP contribution in [0.15, 0.2) is 24.8 Å². The van der Waals surface area contributed by atoms with Crippen molar-refractivity contribution in [3.05, 3.63) is 40.4 Å². The van der Waals surface area contributed by atoms with Crippen LogP contribution in [0.4, 0.5) is 15.4 Å². The number of nitrogens with one attached hydrogen (secondary N) is 2. The number of nitrogens with two attached hydrogens (primary N) is 1. The van der Waals surface area contributed by atoms with Crippen molar-refractivity contribution in [1.29, 1.82) is 0 Å². The van der Waals surface area contributed by atoms with E-state index in [0.717, 1.165) is 0 Å². The molecule has 2 heterocycles. The summed E-state index contributed by atoms with van der Waals surface area (Å²) in [5.41, 5.74) is 5.38. The number of fused-ring (bicyclic) bond motifs is 1. The number of imidazole rings is 1. The number of alkyl carbamates (subject to hydrolysis) is 1. The second kappa shape index (κ2) is 13.4. The van der Waals surface area contributed by atoms with Gasteiger partial charge in [0.05, 0.1) is 29.5 Å². The molecule has 3 rings (SSSR count). The third-order valence-corrected chi connectivity index (χ3v) is 6.27. The Kier molecular flexibility index (Phi) is 10.4. The van der Waals surface area contributed by atoms with Gasteiger partial charge in [0, 0.05) is 5.56 Å². The molecular formula is C27H35Cl2N7O6. The lowest BCUT2D eigenvalue weighted by molar-refractivity contribution is -0.120. The summed E-state index contributed by atoms with van der Waals surface area (Å²) in [7, 11) is 0. The van der Waals surface area contributed by atoms with Crippen molar-refractivity contribution in [3.8, 4) is 5.75 Å². The molecule has 0 radical (unpaired) electrons. The Bertz CT molecular complexity index is 1450. The number of anilines is 1. The molecule has 0 bridgehead atoms. The molecule has 42 heavy (non-hydrogen) atoms. The number of benzene rings is 1. The zero-order chi connectivity index (χ0) is 31.2. The van der Waals surface area contributed by atoms with Gasteiger partial charge in [-0.05, 0) is 66.5 Å². The molecule has 13 nitrogen and oxygen atoms in total. The van der Waals surface area contributed by atoms with E-state index in [0.29, 0.717) is 33.9 Å². The van der Waals surface area contributed by atoms with E-state index < -0.39 is 35.3 Å². The topological polar surface area (TPSA) is 173 Å². The lowest BCUT2D eigenvalue weighted by Gasteiger charge is -2.22. The van der Waals surface area contributed by atoms with Gasteiger partial charge in [-0.25, -0.2) is 24.5 Å². The highest BCUT2D eigenvalue weighted by Gasteiger charge is 2.23. The highest BCUT2D eigenvalue weighted by molar-refractivity contribution is 6.42. The normalized spacial score (nSPS) is 12.5. The van der Waals surface area contributed by atoms with E-state index in [2.05, 4.69) is 25.6 Å². The number of carbonyl (C=O) groups excluding carboxylic acids is 3. The SMILES string of the molecule is CC(C)(C)OC(=O)Nc1ncnc2c1ncn2Cc1c(OCCC[C@@H](NC(=O)OC(C)(C)C)C(N)=O)ccc(Cl)c1Cl. The number of halogens is 2. The molecule has 0 aliphatic rings. The van der Waals surface area contributed by atoms with E-state index in [9.17, 15) is 14.4 Å². The maximum Gasteiger partial charge on any atom is 0.413 e. The van der Waals surface area contributed by atoms with E-state index in [-0.39, 0.29) is 30.4 Å². The van der Waals surface area contributed by atoms with Crippen molar-refractivity contribution in [2.75, 3.05) is 11.9 Å². The summed E-state index contributed by atoms with van der Waals surface area (Å²) in [6.07, 6.45) is 2.02. The van der Waals surface area contributed by atoms with Gasteiger partial charge in [-0.2, -0.15) is 0 Å². The summed E-state index contributed by atoms with van der Waals surface area (Å²) in [6, 6.07) is 2.35. The van der Waals surface area contributed by atoms with Gasteiger partial charge >= 0.3 is 12.2 Å². The van der Waals surface area contributed by atoms with Gasteiger partial charge in [0.2, 0.25) is 5.91 Å². The molecule has 1 aromatic carbocycles. The van der Waals surface area contributed by atoms with Crippen LogP contribution in [0.25, 0.3) is 11.2 Å². The van der Waals surface area contributed by atoms with E-state index in [1.54, 1.807) is 58.2 Å². The number of aromatic nitrogens is 4. The number of amides is 3. The van der Waals surface area contributed by atoms with Gasteiger partial charge in [-0.15, -0.1) is 0 Å². The number of nitrogens with zero attached hydrogens (tertiary/aromatic N) is 4. The molecule has 228 valence electrons. The first kappa shape index (κ1) is 32.7. The van der Waals surface area contributed by atoms with E-state index in [1.165, 1.54) is 12.7 Å². The minimum atomic E-state index is -0.933. The van der Waals surface area contributed by atoms with Crippen molar-refractivity contribution in [2.45, 2.75) is 78.2 Å². The van der Waals surface area contributed by atoms with Crippen LogP contribution in [-0.2, 0) is 20.8 Å². The summed E-state index contributed by atoms with van der Waals surface area (Å²) < 4.78 is 18.2. The Balaban J connectivity index is 1.72.